The van der Waals surface area contributed by atoms with Gasteiger partial charge in [0, 0.05) is 0 Å². The molecule has 2 rings (SSSR count). The molecule has 0 aliphatic rings. The third-order valence-electron chi connectivity index (χ3n) is 3.14. The molecule has 0 bridgehead atoms. The molecular weight excluding hydrogens is 336 g/mol. The van der Waals surface area contributed by atoms with E-state index >= 15 is 0 Å². The van der Waals surface area contributed by atoms with E-state index in [0.717, 1.165) is 0 Å². The van der Waals surface area contributed by atoms with Gasteiger partial charge in [0.1, 0.15) is 0 Å². The molecule has 0 radical (unpaired) electrons. The Morgan fingerprint density at radius 2 is 1.00 bits per heavy atom. The molecule has 6 heteroatoms. The van der Waals surface area contributed by atoms with E-state index in [1.54, 1.807) is 60.7 Å². The van der Waals surface area contributed by atoms with Gasteiger partial charge in [-0.2, -0.15) is 10.5 Å². The van der Waals surface area contributed by atoms with Gasteiger partial charge in [-0.05, 0) is 24.3 Å². The second-order valence-electron chi connectivity index (χ2n) is 5.20. The van der Waals surface area contributed by atoms with Crippen LogP contribution in [0.15, 0.2) is 60.7 Å². The van der Waals surface area contributed by atoms with Crippen LogP contribution in [0.4, 0.5) is 0 Å². The van der Waals surface area contributed by atoms with Crippen molar-refractivity contribution in [3.8, 4) is 0 Å². The Bertz CT molecular complexity index is 543. The van der Waals surface area contributed by atoms with Crippen LogP contribution >= 0.6 is 0 Å². The summed E-state index contributed by atoms with van der Waals surface area (Å²) < 4.78 is 0. The van der Waals surface area contributed by atoms with E-state index in [9.17, 15) is 9.59 Å². The summed E-state index contributed by atoms with van der Waals surface area (Å²) >= 11 is 0. The molecule has 0 amide bonds. The average Bonchev–Trinajstić information content (AvgIpc) is 2.73. The number of benzene rings is 2. The standard InChI is InChI=1S/2C7H6O3.C6H14/c2*8-7(10-9)6-4-2-1-3-5-6;1-3-5-6-4-2/h2*1-5,9H;3-6H2,1-2H3. The van der Waals surface area contributed by atoms with Gasteiger partial charge in [0.2, 0.25) is 0 Å². The molecule has 0 aromatic heterocycles. The molecule has 2 N–H and O–H groups in total. The van der Waals surface area contributed by atoms with Crippen molar-refractivity contribution in [2.24, 2.45) is 0 Å². The lowest BCUT2D eigenvalue weighted by molar-refractivity contribution is -0.182. The summed E-state index contributed by atoms with van der Waals surface area (Å²) in [7, 11) is 0. The van der Waals surface area contributed by atoms with E-state index in [0.29, 0.717) is 11.1 Å². The summed E-state index contributed by atoms with van der Waals surface area (Å²) in [4.78, 5) is 28.1. The first-order valence-electron chi connectivity index (χ1n) is 8.42. The Balaban J connectivity index is 0.000000375. The van der Waals surface area contributed by atoms with E-state index in [4.69, 9.17) is 10.5 Å². The van der Waals surface area contributed by atoms with Crippen molar-refractivity contribution in [2.75, 3.05) is 0 Å². The van der Waals surface area contributed by atoms with Gasteiger partial charge < -0.3 is 0 Å². The fourth-order valence-corrected chi connectivity index (χ4v) is 1.75. The van der Waals surface area contributed by atoms with Gasteiger partial charge in [-0.15, -0.1) is 0 Å². The van der Waals surface area contributed by atoms with Gasteiger partial charge in [-0.3, -0.25) is 9.78 Å². The van der Waals surface area contributed by atoms with Gasteiger partial charge in [0.05, 0.1) is 11.1 Å². The SMILES string of the molecule is CCCCCC.O=C(OO)c1ccccc1.O=C(OO)c1ccccc1. The molecule has 26 heavy (non-hydrogen) atoms. The molecule has 0 fully saturated rings. The quantitative estimate of drug-likeness (QED) is 0.430. The largest absolute Gasteiger partial charge is 0.372 e. The number of unbranched alkanes of at least 4 members (excludes halogenated alkanes) is 3. The molecule has 0 unspecified atom stereocenters. The van der Waals surface area contributed by atoms with Crippen LogP contribution < -0.4 is 0 Å². The van der Waals surface area contributed by atoms with Crippen LogP contribution in [0.3, 0.4) is 0 Å². The number of carbonyl (C=O) groups excluding carboxylic acids is 2. The third-order valence-corrected chi connectivity index (χ3v) is 3.14. The lowest BCUT2D eigenvalue weighted by atomic mass is 10.2. The fraction of sp³-hybridized carbons (Fsp3) is 0.300. The zero-order valence-corrected chi connectivity index (χ0v) is 15.1. The van der Waals surface area contributed by atoms with Gasteiger partial charge in [0.15, 0.2) is 0 Å². The minimum absolute atomic E-state index is 0.338. The molecule has 0 saturated carbocycles. The first-order valence-corrected chi connectivity index (χ1v) is 8.42. The second kappa shape index (κ2) is 15.8. The average molecular weight is 362 g/mol. The van der Waals surface area contributed by atoms with Crippen LogP contribution in [0.25, 0.3) is 0 Å². The number of carbonyl (C=O) groups is 2. The number of rotatable bonds is 5. The first-order chi connectivity index (χ1) is 12.6. The lowest BCUT2D eigenvalue weighted by Crippen LogP contribution is -2.00. The minimum atomic E-state index is -0.736. The molecule has 6 nitrogen and oxygen atoms in total. The molecule has 0 spiro atoms. The maximum absolute atomic E-state index is 10.5. The summed E-state index contributed by atoms with van der Waals surface area (Å²) in [5.74, 6) is -1.47. The summed E-state index contributed by atoms with van der Waals surface area (Å²) in [5.41, 5.74) is 0.676. The zero-order valence-electron chi connectivity index (χ0n) is 15.1. The van der Waals surface area contributed by atoms with Crippen molar-refractivity contribution in [3.63, 3.8) is 0 Å². The maximum atomic E-state index is 10.5. The topological polar surface area (TPSA) is 93.1 Å². The Morgan fingerprint density at radius 3 is 1.23 bits per heavy atom. The smallest absolute Gasteiger partial charge is 0.296 e. The van der Waals surface area contributed by atoms with Crippen molar-refractivity contribution in [2.45, 2.75) is 39.5 Å². The molecule has 0 atom stereocenters. The predicted molar refractivity (Wildman–Crippen MR) is 98.8 cm³/mol. The highest BCUT2D eigenvalue weighted by molar-refractivity contribution is 5.89. The molecule has 0 saturated heterocycles. The van der Waals surface area contributed by atoms with Crippen molar-refractivity contribution in [1.29, 1.82) is 0 Å². The van der Waals surface area contributed by atoms with E-state index in [-0.39, 0.29) is 0 Å². The lowest BCUT2D eigenvalue weighted by Gasteiger charge is -1.92. The second-order valence-corrected chi connectivity index (χ2v) is 5.20. The van der Waals surface area contributed by atoms with Gasteiger partial charge in [-0.1, -0.05) is 75.9 Å². The van der Waals surface area contributed by atoms with Crippen molar-refractivity contribution in [1.82, 2.24) is 0 Å². The van der Waals surface area contributed by atoms with Crippen molar-refractivity contribution >= 4 is 11.9 Å². The Morgan fingerprint density at radius 1 is 0.692 bits per heavy atom. The van der Waals surface area contributed by atoms with Gasteiger partial charge in [-0.25, -0.2) is 9.59 Å². The van der Waals surface area contributed by atoms with E-state index in [1.165, 1.54) is 25.7 Å². The molecule has 0 heterocycles. The van der Waals surface area contributed by atoms with Crippen LogP contribution in [0.1, 0.15) is 60.2 Å². The third kappa shape index (κ3) is 11.0. The van der Waals surface area contributed by atoms with E-state index < -0.39 is 11.9 Å². The van der Waals surface area contributed by atoms with Crippen LogP contribution in [0, 0.1) is 0 Å². The van der Waals surface area contributed by atoms with Crippen molar-refractivity contribution in [3.05, 3.63) is 71.8 Å². The summed E-state index contributed by atoms with van der Waals surface area (Å²) in [6.45, 7) is 4.46. The first kappa shape index (κ1) is 23.3. The highest BCUT2D eigenvalue weighted by Crippen LogP contribution is 1.99. The summed E-state index contributed by atoms with van der Waals surface area (Å²) in [5, 5.41) is 15.9. The maximum Gasteiger partial charge on any atom is 0.372 e. The normalized spacial score (nSPS) is 8.92. The van der Waals surface area contributed by atoms with Gasteiger partial charge in [0.25, 0.3) is 0 Å². The van der Waals surface area contributed by atoms with Crippen LogP contribution in [-0.2, 0) is 9.78 Å². The summed E-state index contributed by atoms with van der Waals surface area (Å²) in [6.07, 6.45) is 5.54. The molecule has 2 aromatic carbocycles. The van der Waals surface area contributed by atoms with Crippen LogP contribution in [0.2, 0.25) is 0 Å². The zero-order chi connectivity index (χ0) is 19.6. The number of hydrogen-bond donors (Lipinski definition) is 2. The molecular formula is C20H26O6. The van der Waals surface area contributed by atoms with Gasteiger partial charge >= 0.3 is 11.9 Å². The molecule has 0 aliphatic carbocycles. The highest BCUT2D eigenvalue weighted by atomic mass is 17.1. The summed E-state index contributed by atoms with van der Waals surface area (Å²) in [6, 6.07) is 16.5. The number of hydrogen-bond acceptors (Lipinski definition) is 6. The van der Waals surface area contributed by atoms with Crippen LogP contribution in [-0.4, -0.2) is 22.5 Å². The van der Waals surface area contributed by atoms with Crippen LogP contribution in [0.5, 0.6) is 0 Å². The Labute approximate surface area is 153 Å². The Hall–Kier alpha value is -2.70. The predicted octanol–water partition coefficient (Wildman–Crippen LogP) is 5.22. The highest BCUT2D eigenvalue weighted by Gasteiger charge is 2.03. The van der Waals surface area contributed by atoms with E-state index in [2.05, 4.69) is 23.6 Å². The van der Waals surface area contributed by atoms with E-state index in [1.807, 2.05) is 0 Å². The van der Waals surface area contributed by atoms with Crippen molar-refractivity contribution < 1.29 is 29.9 Å². The monoisotopic (exact) mass is 362 g/mol. The molecule has 0 aliphatic heterocycles. The fourth-order valence-electron chi connectivity index (χ4n) is 1.75. The Kier molecular flexibility index (Phi) is 14.2. The molecule has 142 valence electrons. The molecule has 2 aromatic rings. The minimum Gasteiger partial charge on any atom is -0.296 e.